The summed E-state index contributed by atoms with van der Waals surface area (Å²) < 4.78 is 5.12. The molecule has 66 valence electrons. The first-order valence-electron chi connectivity index (χ1n) is 4.28. The molecule has 1 fully saturated rings. The molecule has 0 amide bonds. The second-order valence-electron chi connectivity index (χ2n) is 3.32. The van der Waals surface area contributed by atoms with Gasteiger partial charge in [0.25, 0.3) is 0 Å². The molecule has 1 aliphatic heterocycles. The summed E-state index contributed by atoms with van der Waals surface area (Å²) in [5, 5.41) is 3.78. The Morgan fingerprint density at radius 2 is 2.42 bits per heavy atom. The summed E-state index contributed by atoms with van der Waals surface area (Å²) in [6, 6.07) is 0.353. The molecule has 0 saturated carbocycles. The van der Waals surface area contributed by atoms with Gasteiger partial charge in [-0.25, -0.2) is 0 Å². The van der Waals surface area contributed by atoms with E-state index in [0.717, 1.165) is 24.7 Å². The van der Waals surface area contributed by atoms with Crippen LogP contribution >= 0.6 is 0 Å². The number of hydrogen-bond acceptors (Lipinski definition) is 4. The second-order valence-corrected chi connectivity index (χ2v) is 3.32. The Hall–Kier alpha value is -0.900. The third kappa shape index (κ3) is 1.22. The molecule has 0 bridgehead atoms. The Kier molecular flexibility index (Phi) is 1.84. The summed E-state index contributed by atoms with van der Waals surface area (Å²) in [5.74, 6) is 1.50. The summed E-state index contributed by atoms with van der Waals surface area (Å²) in [7, 11) is 2.09. The van der Waals surface area contributed by atoms with E-state index in [9.17, 15) is 0 Å². The largest absolute Gasteiger partial charge is 0.338 e. The summed E-state index contributed by atoms with van der Waals surface area (Å²) in [5.41, 5.74) is 0. The van der Waals surface area contributed by atoms with E-state index in [1.54, 1.807) is 0 Å². The molecule has 0 aromatic carbocycles. The smallest absolute Gasteiger partial charge is 0.243 e. The second kappa shape index (κ2) is 2.86. The molecular formula is C8H13N3O. The van der Waals surface area contributed by atoms with E-state index in [1.807, 2.05) is 6.92 Å². The van der Waals surface area contributed by atoms with Crippen LogP contribution in [0.4, 0.5) is 0 Å². The van der Waals surface area contributed by atoms with Crippen LogP contribution in [-0.2, 0) is 0 Å². The molecule has 0 radical (unpaired) electrons. The van der Waals surface area contributed by atoms with Crippen molar-refractivity contribution in [1.82, 2.24) is 15.0 Å². The molecule has 1 aliphatic rings. The SMILES string of the molecule is Cc1noc(C2CCCN2C)n1. The van der Waals surface area contributed by atoms with Crippen molar-refractivity contribution in [3.8, 4) is 0 Å². The van der Waals surface area contributed by atoms with Crippen molar-refractivity contribution in [2.24, 2.45) is 0 Å². The topological polar surface area (TPSA) is 42.2 Å². The number of rotatable bonds is 1. The number of likely N-dealkylation sites (tertiary alicyclic amines) is 1. The predicted molar refractivity (Wildman–Crippen MR) is 43.6 cm³/mol. The summed E-state index contributed by atoms with van der Waals surface area (Å²) in [6.45, 7) is 2.98. The molecule has 0 spiro atoms. The minimum Gasteiger partial charge on any atom is -0.338 e. The van der Waals surface area contributed by atoms with Crippen molar-refractivity contribution < 1.29 is 4.52 Å². The third-order valence-corrected chi connectivity index (χ3v) is 2.35. The first-order chi connectivity index (χ1) is 5.77. The van der Waals surface area contributed by atoms with Crippen molar-refractivity contribution in [3.63, 3.8) is 0 Å². The van der Waals surface area contributed by atoms with Crippen LogP contribution in [0, 0.1) is 6.92 Å². The fraction of sp³-hybridized carbons (Fsp3) is 0.750. The van der Waals surface area contributed by atoms with Gasteiger partial charge in [0, 0.05) is 0 Å². The highest BCUT2D eigenvalue weighted by Crippen LogP contribution is 2.28. The van der Waals surface area contributed by atoms with E-state index in [0.29, 0.717) is 6.04 Å². The molecule has 1 unspecified atom stereocenters. The van der Waals surface area contributed by atoms with Crippen LogP contribution in [-0.4, -0.2) is 28.6 Å². The molecule has 2 rings (SSSR count). The van der Waals surface area contributed by atoms with Crippen molar-refractivity contribution in [2.75, 3.05) is 13.6 Å². The number of aryl methyl sites for hydroxylation is 1. The van der Waals surface area contributed by atoms with Crippen molar-refractivity contribution >= 4 is 0 Å². The van der Waals surface area contributed by atoms with Gasteiger partial charge in [-0.1, -0.05) is 5.16 Å². The summed E-state index contributed by atoms with van der Waals surface area (Å²) in [6.07, 6.45) is 2.36. The zero-order valence-corrected chi connectivity index (χ0v) is 7.45. The lowest BCUT2D eigenvalue weighted by molar-refractivity contribution is 0.244. The van der Waals surface area contributed by atoms with Crippen LogP contribution < -0.4 is 0 Å². The van der Waals surface area contributed by atoms with Crippen LogP contribution in [0.5, 0.6) is 0 Å². The van der Waals surface area contributed by atoms with Crippen molar-refractivity contribution in [1.29, 1.82) is 0 Å². The lowest BCUT2D eigenvalue weighted by atomic mass is 10.2. The van der Waals surface area contributed by atoms with E-state index in [1.165, 1.54) is 6.42 Å². The summed E-state index contributed by atoms with van der Waals surface area (Å²) >= 11 is 0. The van der Waals surface area contributed by atoms with Crippen LogP contribution in [0.15, 0.2) is 4.52 Å². The quantitative estimate of drug-likeness (QED) is 0.629. The third-order valence-electron chi connectivity index (χ3n) is 2.35. The molecule has 0 N–H and O–H groups in total. The van der Waals surface area contributed by atoms with E-state index in [-0.39, 0.29) is 0 Å². The van der Waals surface area contributed by atoms with Crippen LogP contribution in [0.25, 0.3) is 0 Å². The maximum absolute atomic E-state index is 5.12. The highest BCUT2D eigenvalue weighted by atomic mass is 16.5. The van der Waals surface area contributed by atoms with Crippen LogP contribution in [0.2, 0.25) is 0 Å². The van der Waals surface area contributed by atoms with Gasteiger partial charge >= 0.3 is 0 Å². The Bertz CT molecular complexity index is 271. The molecule has 1 saturated heterocycles. The van der Waals surface area contributed by atoms with Gasteiger partial charge in [-0.15, -0.1) is 0 Å². The Morgan fingerprint density at radius 3 is 2.92 bits per heavy atom. The molecule has 2 heterocycles. The normalized spacial score (nSPS) is 25.0. The number of aromatic nitrogens is 2. The number of nitrogens with zero attached hydrogens (tertiary/aromatic N) is 3. The van der Waals surface area contributed by atoms with Gasteiger partial charge in [-0.05, 0) is 33.4 Å². The number of hydrogen-bond donors (Lipinski definition) is 0. The van der Waals surface area contributed by atoms with E-state index in [4.69, 9.17) is 4.52 Å². The molecule has 4 nitrogen and oxygen atoms in total. The fourth-order valence-corrected chi connectivity index (χ4v) is 1.67. The maximum Gasteiger partial charge on any atom is 0.243 e. The molecule has 0 aliphatic carbocycles. The first-order valence-corrected chi connectivity index (χ1v) is 4.28. The minimum atomic E-state index is 0.353. The lowest BCUT2D eigenvalue weighted by Gasteiger charge is -2.14. The highest BCUT2D eigenvalue weighted by molar-refractivity contribution is 4.94. The standard InChI is InChI=1S/C8H13N3O/c1-6-9-8(12-10-6)7-4-3-5-11(7)2/h7H,3-5H2,1-2H3. The molecule has 1 atom stereocenters. The Labute approximate surface area is 71.6 Å². The van der Waals surface area contributed by atoms with Gasteiger partial charge < -0.3 is 4.52 Å². The first kappa shape index (κ1) is 7.73. The molecule has 1 aromatic heterocycles. The van der Waals surface area contributed by atoms with Gasteiger partial charge in [0.1, 0.15) is 0 Å². The lowest BCUT2D eigenvalue weighted by Crippen LogP contribution is -2.17. The predicted octanol–water partition coefficient (Wildman–Crippen LogP) is 1.14. The van der Waals surface area contributed by atoms with Gasteiger partial charge in [0.2, 0.25) is 5.89 Å². The molecule has 1 aromatic rings. The summed E-state index contributed by atoms with van der Waals surface area (Å²) in [4.78, 5) is 6.48. The molecule has 12 heavy (non-hydrogen) atoms. The average molecular weight is 167 g/mol. The van der Waals surface area contributed by atoms with E-state index < -0.39 is 0 Å². The maximum atomic E-state index is 5.12. The van der Waals surface area contributed by atoms with Crippen LogP contribution in [0.1, 0.15) is 30.6 Å². The zero-order valence-electron chi connectivity index (χ0n) is 7.45. The van der Waals surface area contributed by atoms with E-state index >= 15 is 0 Å². The van der Waals surface area contributed by atoms with Gasteiger partial charge in [-0.3, -0.25) is 4.90 Å². The van der Waals surface area contributed by atoms with Crippen LogP contribution in [0.3, 0.4) is 0 Å². The van der Waals surface area contributed by atoms with Gasteiger partial charge in [0.15, 0.2) is 5.82 Å². The average Bonchev–Trinajstić information content (AvgIpc) is 2.58. The van der Waals surface area contributed by atoms with Crippen molar-refractivity contribution in [3.05, 3.63) is 11.7 Å². The fourth-order valence-electron chi connectivity index (χ4n) is 1.67. The Balaban J connectivity index is 2.19. The van der Waals surface area contributed by atoms with Gasteiger partial charge in [0.05, 0.1) is 6.04 Å². The Morgan fingerprint density at radius 1 is 1.58 bits per heavy atom. The van der Waals surface area contributed by atoms with Crippen molar-refractivity contribution in [2.45, 2.75) is 25.8 Å². The zero-order chi connectivity index (χ0) is 8.55. The monoisotopic (exact) mass is 167 g/mol. The molecular weight excluding hydrogens is 154 g/mol. The van der Waals surface area contributed by atoms with E-state index in [2.05, 4.69) is 22.1 Å². The highest BCUT2D eigenvalue weighted by Gasteiger charge is 2.27. The molecule has 4 heteroatoms. The van der Waals surface area contributed by atoms with Gasteiger partial charge in [-0.2, -0.15) is 4.98 Å². The minimum absolute atomic E-state index is 0.353.